The van der Waals surface area contributed by atoms with Gasteiger partial charge in [0.1, 0.15) is 10.8 Å². The van der Waals surface area contributed by atoms with E-state index in [4.69, 9.17) is 21.4 Å². The molecule has 0 aliphatic carbocycles. The quantitative estimate of drug-likeness (QED) is 0.903. The molecule has 2 rings (SSSR count). The lowest BCUT2D eigenvalue weighted by Crippen LogP contribution is -1.98. The number of carbonyl (C=O) groups is 1. The first-order valence-corrected chi connectivity index (χ1v) is 6.47. The molecule has 0 bridgehead atoms. The van der Waals surface area contributed by atoms with Gasteiger partial charge in [-0.1, -0.05) is 11.6 Å². The topological polar surface area (TPSA) is 59.4 Å². The van der Waals surface area contributed by atoms with E-state index in [9.17, 15) is 4.79 Å². The molecule has 1 aromatic carbocycles. The third-order valence-corrected chi connectivity index (χ3v) is 3.11. The minimum Gasteiger partial charge on any atom is -0.478 e. The first kappa shape index (κ1) is 13.8. The van der Waals surface area contributed by atoms with Crippen molar-refractivity contribution < 1.29 is 14.6 Å². The van der Waals surface area contributed by atoms with Crippen LogP contribution in [0.1, 0.15) is 15.9 Å². The second kappa shape index (κ2) is 5.59. The highest BCUT2D eigenvalue weighted by Crippen LogP contribution is 2.31. The first-order valence-electron chi connectivity index (χ1n) is 5.30. The molecule has 98 valence electrons. The average Bonchev–Trinajstić information content (AvgIpc) is 2.34. The van der Waals surface area contributed by atoms with Gasteiger partial charge in [-0.05, 0) is 52.7 Å². The average molecular weight is 343 g/mol. The van der Waals surface area contributed by atoms with Crippen molar-refractivity contribution in [3.63, 3.8) is 0 Å². The van der Waals surface area contributed by atoms with Gasteiger partial charge in [-0.3, -0.25) is 0 Å². The maximum Gasteiger partial charge on any atom is 0.335 e. The number of rotatable bonds is 3. The number of hydrogen-bond donors (Lipinski definition) is 1. The Hall–Kier alpha value is -1.59. The van der Waals surface area contributed by atoms with Crippen LogP contribution in [-0.2, 0) is 0 Å². The highest BCUT2D eigenvalue weighted by atomic mass is 79.9. The van der Waals surface area contributed by atoms with Gasteiger partial charge >= 0.3 is 5.97 Å². The summed E-state index contributed by atoms with van der Waals surface area (Å²) in [6.07, 6.45) is 1.57. The lowest BCUT2D eigenvalue weighted by Gasteiger charge is -2.09. The van der Waals surface area contributed by atoms with Gasteiger partial charge in [0.05, 0.1) is 5.56 Å². The van der Waals surface area contributed by atoms with Gasteiger partial charge in [0, 0.05) is 10.7 Å². The number of aryl methyl sites for hydroxylation is 1. The third kappa shape index (κ3) is 3.24. The van der Waals surface area contributed by atoms with E-state index in [2.05, 4.69) is 20.9 Å². The largest absolute Gasteiger partial charge is 0.478 e. The van der Waals surface area contributed by atoms with Crippen LogP contribution in [0.3, 0.4) is 0 Å². The molecular weight excluding hydrogens is 334 g/mol. The molecule has 0 aliphatic rings. The molecule has 0 saturated heterocycles. The number of carboxylic acids is 1. The Morgan fingerprint density at radius 2 is 2.16 bits per heavy atom. The zero-order valence-corrected chi connectivity index (χ0v) is 12.2. The molecule has 1 N–H and O–H groups in total. The summed E-state index contributed by atoms with van der Waals surface area (Å²) in [4.78, 5) is 14.9. The Kier molecular flexibility index (Phi) is 4.07. The van der Waals surface area contributed by atoms with Gasteiger partial charge in [0.15, 0.2) is 0 Å². The molecule has 0 spiro atoms. The van der Waals surface area contributed by atoms with Crippen LogP contribution in [0, 0.1) is 6.92 Å². The number of nitrogens with zero attached hydrogens (tertiary/aromatic N) is 1. The predicted octanol–water partition coefficient (Wildman–Crippen LogP) is 4.30. The van der Waals surface area contributed by atoms with Crippen molar-refractivity contribution in [2.75, 3.05) is 0 Å². The van der Waals surface area contributed by atoms with Crippen molar-refractivity contribution in [3.05, 3.63) is 51.1 Å². The summed E-state index contributed by atoms with van der Waals surface area (Å²) in [6.45, 7) is 1.76. The smallest absolute Gasteiger partial charge is 0.335 e. The van der Waals surface area contributed by atoms with Crippen molar-refractivity contribution in [2.45, 2.75) is 6.92 Å². The van der Waals surface area contributed by atoms with E-state index < -0.39 is 5.97 Å². The van der Waals surface area contributed by atoms with Crippen molar-refractivity contribution in [1.82, 2.24) is 4.98 Å². The number of ether oxygens (including phenoxy) is 1. The molecule has 0 saturated carbocycles. The fourth-order valence-corrected chi connectivity index (χ4v) is 2.15. The van der Waals surface area contributed by atoms with Crippen molar-refractivity contribution in [1.29, 1.82) is 0 Å². The van der Waals surface area contributed by atoms with Gasteiger partial charge in [0.2, 0.25) is 5.88 Å². The standard InChI is InChI=1S/C13H9BrClNO3/c1-7-4-8(13(17)18)2-3-11(7)19-12-10(15)5-9(14)6-16-12/h2-6H,1H3,(H,17,18). The second-order valence-electron chi connectivity index (χ2n) is 3.83. The summed E-state index contributed by atoms with van der Waals surface area (Å²) in [5.41, 5.74) is 0.903. The SMILES string of the molecule is Cc1cc(C(=O)O)ccc1Oc1ncc(Br)cc1Cl. The van der Waals surface area contributed by atoms with Crippen molar-refractivity contribution >= 4 is 33.5 Å². The number of pyridine rings is 1. The molecule has 6 heteroatoms. The predicted molar refractivity (Wildman–Crippen MR) is 75.2 cm³/mol. The summed E-state index contributed by atoms with van der Waals surface area (Å²) >= 11 is 9.26. The molecule has 0 radical (unpaired) electrons. The number of carboxylic acid groups (broad SMARTS) is 1. The second-order valence-corrected chi connectivity index (χ2v) is 5.15. The molecule has 1 heterocycles. The van der Waals surface area contributed by atoms with E-state index >= 15 is 0 Å². The molecule has 4 nitrogen and oxygen atoms in total. The summed E-state index contributed by atoms with van der Waals surface area (Å²) < 4.78 is 6.33. The molecular formula is C13H9BrClNO3. The zero-order valence-electron chi connectivity index (χ0n) is 9.85. The molecule has 0 fully saturated rings. The highest BCUT2D eigenvalue weighted by Gasteiger charge is 2.10. The van der Waals surface area contributed by atoms with Gasteiger partial charge in [-0.25, -0.2) is 9.78 Å². The van der Waals surface area contributed by atoms with E-state index in [1.807, 2.05) is 0 Å². The Morgan fingerprint density at radius 1 is 1.42 bits per heavy atom. The number of aromatic nitrogens is 1. The third-order valence-electron chi connectivity index (χ3n) is 2.40. The van der Waals surface area contributed by atoms with Crippen LogP contribution >= 0.6 is 27.5 Å². The fraction of sp³-hybridized carbons (Fsp3) is 0.0769. The van der Waals surface area contributed by atoms with Crippen LogP contribution in [0.5, 0.6) is 11.6 Å². The molecule has 0 unspecified atom stereocenters. The highest BCUT2D eigenvalue weighted by molar-refractivity contribution is 9.10. The van der Waals surface area contributed by atoms with Crippen molar-refractivity contribution in [3.8, 4) is 11.6 Å². The van der Waals surface area contributed by atoms with Crippen LogP contribution in [0.2, 0.25) is 5.02 Å². The summed E-state index contributed by atoms with van der Waals surface area (Å²) in [5.74, 6) is -0.188. The normalized spacial score (nSPS) is 10.3. The van der Waals surface area contributed by atoms with E-state index in [1.54, 1.807) is 25.3 Å². The Labute approximate surface area is 123 Å². The first-order chi connectivity index (χ1) is 8.97. The van der Waals surface area contributed by atoms with Gasteiger partial charge in [-0.15, -0.1) is 0 Å². The summed E-state index contributed by atoms with van der Waals surface area (Å²) in [7, 11) is 0. The Balaban J connectivity index is 2.31. The van der Waals surface area contributed by atoms with Gasteiger partial charge < -0.3 is 9.84 Å². The maximum atomic E-state index is 10.8. The zero-order chi connectivity index (χ0) is 14.0. The fourth-order valence-electron chi connectivity index (χ4n) is 1.48. The van der Waals surface area contributed by atoms with Crippen LogP contribution in [0.4, 0.5) is 0 Å². The Morgan fingerprint density at radius 3 is 2.74 bits per heavy atom. The summed E-state index contributed by atoms with van der Waals surface area (Å²) in [6, 6.07) is 6.26. The molecule has 0 atom stereocenters. The van der Waals surface area contributed by atoms with Gasteiger partial charge in [-0.2, -0.15) is 0 Å². The van der Waals surface area contributed by atoms with E-state index in [-0.39, 0.29) is 11.4 Å². The van der Waals surface area contributed by atoms with E-state index in [0.717, 1.165) is 4.47 Å². The number of hydrogen-bond acceptors (Lipinski definition) is 3. The van der Waals surface area contributed by atoms with Crippen LogP contribution in [0.25, 0.3) is 0 Å². The van der Waals surface area contributed by atoms with E-state index in [1.165, 1.54) is 12.1 Å². The van der Waals surface area contributed by atoms with Gasteiger partial charge in [0.25, 0.3) is 0 Å². The minimum atomic E-state index is -0.977. The molecule has 19 heavy (non-hydrogen) atoms. The lowest BCUT2D eigenvalue weighted by atomic mass is 10.1. The summed E-state index contributed by atoms with van der Waals surface area (Å²) in [5, 5.41) is 9.26. The Bertz CT molecular complexity index is 646. The van der Waals surface area contributed by atoms with Crippen LogP contribution in [0.15, 0.2) is 34.9 Å². The minimum absolute atomic E-state index is 0.208. The molecule has 0 amide bonds. The van der Waals surface area contributed by atoms with Crippen molar-refractivity contribution in [2.24, 2.45) is 0 Å². The van der Waals surface area contributed by atoms with Crippen LogP contribution in [-0.4, -0.2) is 16.1 Å². The monoisotopic (exact) mass is 341 g/mol. The molecule has 0 aliphatic heterocycles. The van der Waals surface area contributed by atoms with Crippen LogP contribution < -0.4 is 4.74 Å². The molecule has 2 aromatic rings. The number of aromatic carboxylic acids is 1. The number of benzene rings is 1. The maximum absolute atomic E-state index is 10.8. The number of halogens is 2. The van der Waals surface area contributed by atoms with E-state index in [0.29, 0.717) is 16.3 Å². The lowest BCUT2D eigenvalue weighted by molar-refractivity contribution is 0.0697. The molecule has 1 aromatic heterocycles.